The maximum absolute atomic E-state index is 10.9. The first-order chi connectivity index (χ1) is 13.0. The Balaban J connectivity index is 1.62. The van der Waals surface area contributed by atoms with Crippen LogP contribution in [0.25, 0.3) is 10.9 Å². The van der Waals surface area contributed by atoms with Gasteiger partial charge >= 0.3 is 0 Å². The standard InChI is InChI=1S/C20H24N4O3/c1-13(23-11-17(25)14-4-3-7-22-9-14)8-15-10-24-20-16(15)5-2-6-18(20)27-12-19(21)26/h2-7,9-10,13,17,23-25H,8,11-12H2,1H3,(H2,21,26)/t13-,17+/m1/s1. The van der Waals surface area contributed by atoms with Crippen molar-refractivity contribution in [2.75, 3.05) is 13.2 Å². The average Bonchev–Trinajstić information content (AvgIpc) is 3.08. The van der Waals surface area contributed by atoms with Crippen LogP contribution in [0.2, 0.25) is 0 Å². The molecule has 0 spiro atoms. The van der Waals surface area contributed by atoms with Gasteiger partial charge in [-0.05, 0) is 31.0 Å². The summed E-state index contributed by atoms with van der Waals surface area (Å²) in [4.78, 5) is 18.2. The number of aliphatic hydroxyl groups is 1. The molecule has 7 nitrogen and oxygen atoms in total. The normalized spacial score (nSPS) is 13.4. The molecule has 0 bridgehead atoms. The number of H-pyrrole nitrogens is 1. The number of primary amides is 1. The number of nitrogens with zero attached hydrogens (tertiary/aromatic N) is 1. The minimum Gasteiger partial charge on any atom is -0.482 e. The Labute approximate surface area is 157 Å². The number of pyridine rings is 1. The molecule has 0 aliphatic carbocycles. The molecule has 0 fully saturated rings. The number of hydrogen-bond donors (Lipinski definition) is 4. The highest BCUT2D eigenvalue weighted by Gasteiger charge is 2.13. The van der Waals surface area contributed by atoms with Crippen molar-refractivity contribution in [3.63, 3.8) is 0 Å². The van der Waals surface area contributed by atoms with Gasteiger partial charge in [-0.15, -0.1) is 0 Å². The third-order valence-corrected chi connectivity index (χ3v) is 4.39. The number of hydrogen-bond acceptors (Lipinski definition) is 5. The van der Waals surface area contributed by atoms with Gasteiger partial charge in [0.15, 0.2) is 6.61 Å². The average molecular weight is 368 g/mol. The van der Waals surface area contributed by atoms with Gasteiger partial charge in [-0.3, -0.25) is 9.78 Å². The molecule has 5 N–H and O–H groups in total. The molecule has 2 aromatic heterocycles. The molecule has 0 saturated heterocycles. The lowest BCUT2D eigenvalue weighted by Crippen LogP contribution is -2.32. The van der Waals surface area contributed by atoms with Crippen LogP contribution in [0.4, 0.5) is 0 Å². The van der Waals surface area contributed by atoms with E-state index in [2.05, 4.69) is 22.2 Å². The highest BCUT2D eigenvalue weighted by atomic mass is 16.5. The molecule has 0 saturated carbocycles. The zero-order valence-electron chi connectivity index (χ0n) is 15.2. The topological polar surface area (TPSA) is 113 Å². The summed E-state index contributed by atoms with van der Waals surface area (Å²) >= 11 is 0. The van der Waals surface area contributed by atoms with Gasteiger partial charge in [-0.25, -0.2) is 0 Å². The molecule has 0 unspecified atom stereocenters. The van der Waals surface area contributed by atoms with E-state index in [0.717, 1.165) is 28.5 Å². The quantitative estimate of drug-likeness (QED) is 0.459. The van der Waals surface area contributed by atoms with E-state index in [1.54, 1.807) is 18.5 Å². The molecule has 1 amide bonds. The minimum atomic E-state index is -0.599. The van der Waals surface area contributed by atoms with Gasteiger partial charge < -0.3 is 25.9 Å². The molecule has 0 aliphatic rings. The SMILES string of the molecule is C[C@H](Cc1c[nH]c2c(OCC(N)=O)cccc12)NC[C@H](O)c1cccnc1. The first kappa shape index (κ1) is 18.9. The van der Waals surface area contributed by atoms with E-state index >= 15 is 0 Å². The van der Waals surface area contributed by atoms with Gasteiger partial charge in [0.1, 0.15) is 5.75 Å². The van der Waals surface area contributed by atoms with E-state index in [1.165, 1.54) is 0 Å². The number of aliphatic hydroxyl groups excluding tert-OH is 1. The lowest BCUT2D eigenvalue weighted by molar-refractivity contribution is -0.119. The van der Waals surface area contributed by atoms with E-state index < -0.39 is 12.0 Å². The Kier molecular flexibility index (Phi) is 6.05. The van der Waals surface area contributed by atoms with E-state index in [-0.39, 0.29) is 12.6 Å². The smallest absolute Gasteiger partial charge is 0.255 e. The van der Waals surface area contributed by atoms with E-state index in [0.29, 0.717) is 12.3 Å². The van der Waals surface area contributed by atoms with Crippen molar-refractivity contribution < 1.29 is 14.6 Å². The number of benzene rings is 1. The van der Waals surface area contributed by atoms with Crippen molar-refractivity contribution in [3.8, 4) is 5.75 Å². The summed E-state index contributed by atoms with van der Waals surface area (Å²) in [5, 5.41) is 14.6. The summed E-state index contributed by atoms with van der Waals surface area (Å²) in [5.41, 5.74) is 7.91. The van der Waals surface area contributed by atoms with Crippen molar-refractivity contribution in [3.05, 3.63) is 60.0 Å². The molecule has 2 atom stereocenters. The van der Waals surface area contributed by atoms with Gasteiger partial charge in [-0.2, -0.15) is 0 Å². The number of rotatable bonds is 9. The van der Waals surface area contributed by atoms with Crippen LogP contribution >= 0.6 is 0 Å². The fourth-order valence-electron chi connectivity index (χ4n) is 3.03. The molecule has 142 valence electrons. The number of nitrogens with two attached hydrogens (primary N) is 1. The second-order valence-corrected chi connectivity index (χ2v) is 6.56. The summed E-state index contributed by atoms with van der Waals surface area (Å²) < 4.78 is 5.47. The van der Waals surface area contributed by atoms with Crippen LogP contribution in [0.1, 0.15) is 24.2 Å². The third-order valence-electron chi connectivity index (χ3n) is 4.39. The number of para-hydroxylation sites is 1. The first-order valence-corrected chi connectivity index (χ1v) is 8.86. The molecule has 7 heteroatoms. The van der Waals surface area contributed by atoms with Gasteiger partial charge in [-0.1, -0.05) is 18.2 Å². The number of carbonyl (C=O) groups excluding carboxylic acids is 1. The lowest BCUT2D eigenvalue weighted by Gasteiger charge is -2.17. The molecular formula is C20H24N4O3. The van der Waals surface area contributed by atoms with Crippen molar-refractivity contribution in [2.24, 2.45) is 5.73 Å². The lowest BCUT2D eigenvalue weighted by atomic mass is 10.1. The molecule has 2 heterocycles. The van der Waals surface area contributed by atoms with Crippen LogP contribution in [-0.2, 0) is 11.2 Å². The summed E-state index contributed by atoms with van der Waals surface area (Å²) in [5.74, 6) is 0.0916. The Bertz CT molecular complexity index is 895. The van der Waals surface area contributed by atoms with Crippen LogP contribution < -0.4 is 15.8 Å². The molecule has 0 aliphatic heterocycles. The Morgan fingerprint density at radius 2 is 2.22 bits per heavy atom. The summed E-state index contributed by atoms with van der Waals surface area (Å²) in [7, 11) is 0. The Hall–Kier alpha value is -2.90. The van der Waals surface area contributed by atoms with Gasteiger partial charge in [0, 0.05) is 42.1 Å². The first-order valence-electron chi connectivity index (χ1n) is 8.86. The number of aromatic amines is 1. The Morgan fingerprint density at radius 1 is 1.37 bits per heavy atom. The van der Waals surface area contributed by atoms with Crippen LogP contribution in [0.3, 0.4) is 0 Å². The van der Waals surface area contributed by atoms with Crippen LogP contribution in [0.15, 0.2) is 48.9 Å². The van der Waals surface area contributed by atoms with Crippen LogP contribution in [-0.4, -0.2) is 40.2 Å². The van der Waals surface area contributed by atoms with Crippen LogP contribution in [0.5, 0.6) is 5.75 Å². The second kappa shape index (κ2) is 8.66. The molecule has 3 aromatic rings. The van der Waals surface area contributed by atoms with E-state index in [4.69, 9.17) is 10.5 Å². The number of fused-ring (bicyclic) bond motifs is 1. The Morgan fingerprint density at radius 3 is 2.96 bits per heavy atom. The van der Waals surface area contributed by atoms with Gasteiger partial charge in [0.05, 0.1) is 11.6 Å². The number of carbonyl (C=O) groups is 1. The highest BCUT2D eigenvalue weighted by molar-refractivity contribution is 5.88. The van der Waals surface area contributed by atoms with Crippen molar-refractivity contribution in [2.45, 2.75) is 25.5 Å². The summed E-state index contributed by atoms with van der Waals surface area (Å²) in [6.45, 7) is 2.36. The zero-order valence-corrected chi connectivity index (χ0v) is 15.2. The van der Waals surface area contributed by atoms with Crippen molar-refractivity contribution in [1.82, 2.24) is 15.3 Å². The third kappa shape index (κ3) is 4.84. The summed E-state index contributed by atoms with van der Waals surface area (Å²) in [6, 6.07) is 9.53. The predicted molar refractivity (Wildman–Crippen MR) is 103 cm³/mol. The highest BCUT2D eigenvalue weighted by Crippen LogP contribution is 2.28. The molecular weight excluding hydrogens is 344 g/mol. The fraction of sp³-hybridized carbons (Fsp3) is 0.300. The molecule has 0 radical (unpaired) electrons. The number of nitrogens with one attached hydrogen (secondary N) is 2. The van der Waals surface area contributed by atoms with E-state index in [1.807, 2.05) is 30.5 Å². The fourth-order valence-corrected chi connectivity index (χ4v) is 3.03. The molecule has 3 rings (SSSR count). The second-order valence-electron chi connectivity index (χ2n) is 6.56. The maximum Gasteiger partial charge on any atom is 0.255 e. The summed E-state index contributed by atoms with van der Waals surface area (Å²) in [6.07, 6.45) is 5.48. The number of amides is 1. The van der Waals surface area contributed by atoms with E-state index in [9.17, 15) is 9.90 Å². The monoisotopic (exact) mass is 368 g/mol. The van der Waals surface area contributed by atoms with Gasteiger partial charge in [0.2, 0.25) is 0 Å². The van der Waals surface area contributed by atoms with Crippen molar-refractivity contribution in [1.29, 1.82) is 0 Å². The predicted octanol–water partition coefficient (Wildman–Crippen LogP) is 1.68. The number of aromatic nitrogens is 2. The largest absolute Gasteiger partial charge is 0.482 e. The van der Waals surface area contributed by atoms with Crippen LogP contribution in [0, 0.1) is 0 Å². The maximum atomic E-state index is 10.9. The van der Waals surface area contributed by atoms with Gasteiger partial charge in [0.25, 0.3) is 5.91 Å². The molecule has 27 heavy (non-hydrogen) atoms. The zero-order chi connectivity index (χ0) is 19.2. The molecule has 1 aromatic carbocycles. The number of ether oxygens (including phenoxy) is 1. The minimum absolute atomic E-state index is 0.155. The van der Waals surface area contributed by atoms with Crippen molar-refractivity contribution >= 4 is 16.8 Å².